The molecule has 2 unspecified atom stereocenters. The van der Waals surface area contributed by atoms with Gasteiger partial charge < -0.3 is 4.74 Å². The van der Waals surface area contributed by atoms with E-state index >= 15 is 0 Å². The summed E-state index contributed by atoms with van der Waals surface area (Å²) in [5.74, 6) is 1.97. The normalized spacial score (nSPS) is 16.8. The summed E-state index contributed by atoms with van der Waals surface area (Å²) in [7, 11) is 0. The molecule has 2 atom stereocenters. The second-order valence-corrected chi connectivity index (χ2v) is 9.89. The van der Waals surface area contributed by atoms with Gasteiger partial charge in [0.25, 0.3) is 0 Å². The lowest BCUT2D eigenvalue weighted by Gasteiger charge is -2.24. The van der Waals surface area contributed by atoms with Gasteiger partial charge in [-0.05, 0) is 91.3 Å². The number of benzene rings is 2. The minimum absolute atomic E-state index is 0.292. The zero-order valence-corrected chi connectivity index (χ0v) is 20.9. The first-order valence-corrected chi connectivity index (χ1v) is 13.2. The van der Waals surface area contributed by atoms with E-state index in [0.29, 0.717) is 11.3 Å². The Balaban J connectivity index is 1.48. The fourth-order valence-corrected chi connectivity index (χ4v) is 4.74. The Morgan fingerprint density at radius 3 is 2.33 bits per heavy atom. The SMILES string of the molecule is CCCCCCCc1ccc(OC(=O)c2ccc(C3=CCC(CC(C)CC)CC3)cc2)cc1. The Morgan fingerprint density at radius 2 is 1.70 bits per heavy atom. The van der Waals surface area contributed by atoms with Crippen LogP contribution in [0.3, 0.4) is 0 Å². The van der Waals surface area contributed by atoms with Crippen LogP contribution in [0.5, 0.6) is 5.75 Å². The lowest BCUT2D eigenvalue weighted by Crippen LogP contribution is -2.10. The Hall–Kier alpha value is -2.35. The molecule has 0 aromatic heterocycles. The number of carbonyl (C=O) groups excluding carboxylic acids is 1. The van der Waals surface area contributed by atoms with Crippen LogP contribution in [0.4, 0.5) is 0 Å². The van der Waals surface area contributed by atoms with Crippen LogP contribution in [0.15, 0.2) is 54.6 Å². The minimum Gasteiger partial charge on any atom is -0.423 e. The molecule has 0 saturated heterocycles. The van der Waals surface area contributed by atoms with Gasteiger partial charge in [-0.15, -0.1) is 0 Å². The third-order valence-electron chi connectivity index (χ3n) is 7.15. The summed E-state index contributed by atoms with van der Waals surface area (Å²) in [5.41, 5.74) is 4.56. The predicted molar refractivity (Wildman–Crippen MR) is 140 cm³/mol. The zero-order chi connectivity index (χ0) is 23.5. The van der Waals surface area contributed by atoms with Crippen LogP contribution >= 0.6 is 0 Å². The number of allylic oxidation sites excluding steroid dienone is 2. The van der Waals surface area contributed by atoms with Gasteiger partial charge in [0.05, 0.1) is 5.56 Å². The molecule has 0 spiro atoms. The lowest BCUT2D eigenvalue weighted by atomic mass is 9.81. The van der Waals surface area contributed by atoms with E-state index in [1.165, 1.54) is 74.5 Å². The van der Waals surface area contributed by atoms with Crippen molar-refractivity contribution in [2.75, 3.05) is 0 Å². The summed E-state index contributed by atoms with van der Waals surface area (Å²) in [4.78, 5) is 12.6. The Morgan fingerprint density at radius 1 is 0.970 bits per heavy atom. The third-order valence-corrected chi connectivity index (χ3v) is 7.15. The molecule has 0 radical (unpaired) electrons. The number of hydrogen-bond donors (Lipinski definition) is 0. The number of esters is 1. The molecular weight excluding hydrogens is 404 g/mol. The summed E-state index contributed by atoms with van der Waals surface area (Å²) in [6, 6.07) is 15.9. The minimum atomic E-state index is -0.292. The van der Waals surface area contributed by atoms with Crippen LogP contribution in [0.1, 0.15) is 106 Å². The third kappa shape index (κ3) is 8.18. The number of unbranched alkanes of at least 4 members (excludes halogenated alkanes) is 4. The molecule has 0 bridgehead atoms. The molecule has 0 fully saturated rings. The van der Waals surface area contributed by atoms with Gasteiger partial charge in [-0.25, -0.2) is 4.79 Å². The Kier molecular flexibility index (Phi) is 10.2. The summed E-state index contributed by atoms with van der Waals surface area (Å²) >= 11 is 0. The number of ether oxygens (including phenoxy) is 1. The standard InChI is InChI=1S/C31H42O2/c1-4-6-7-8-9-10-25-13-21-30(22-14-25)33-31(32)29-19-17-28(18-20-29)27-15-11-26(12-16-27)23-24(3)5-2/h13-15,17-22,24,26H,4-12,16,23H2,1-3H3. The van der Waals surface area contributed by atoms with Crippen LogP contribution in [-0.4, -0.2) is 5.97 Å². The van der Waals surface area contributed by atoms with Gasteiger partial charge in [0.2, 0.25) is 0 Å². The van der Waals surface area contributed by atoms with Gasteiger partial charge in [0, 0.05) is 0 Å². The molecule has 2 aromatic rings. The van der Waals surface area contributed by atoms with Gasteiger partial charge >= 0.3 is 5.97 Å². The van der Waals surface area contributed by atoms with Crippen molar-refractivity contribution in [3.05, 3.63) is 71.3 Å². The largest absolute Gasteiger partial charge is 0.423 e. The van der Waals surface area contributed by atoms with Gasteiger partial charge in [0.1, 0.15) is 5.75 Å². The van der Waals surface area contributed by atoms with E-state index in [1.807, 2.05) is 24.3 Å². The van der Waals surface area contributed by atoms with E-state index in [-0.39, 0.29) is 5.97 Å². The summed E-state index contributed by atoms with van der Waals surface area (Å²) in [6.07, 6.45) is 16.1. The highest BCUT2D eigenvalue weighted by molar-refractivity contribution is 5.91. The average Bonchev–Trinajstić information content (AvgIpc) is 2.85. The van der Waals surface area contributed by atoms with Crippen molar-refractivity contribution >= 4 is 11.5 Å². The maximum Gasteiger partial charge on any atom is 0.343 e. The Bertz CT molecular complexity index is 876. The molecule has 0 heterocycles. The van der Waals surface area contributed by atoms with Crippen LogP contribution < -0.4 is 4.74 Å². The molecule has 0 saturated carbocycles. The highest BCUT2D eigenvalue weighted by Gasteiger charge is 2.18. The summed E-state index contributed by atoms with van der Waals surface area (Å²) in [6.45, 7) is 6.89. The van der Waals surface area contributed by atoms with Gasteiger partial charge in [0.15, 0.2) is 0 Å². The van der Waals surface area contributed by atoms with Crippen molar-refractivity contribution in [3.8, 4) is 5.75 Å². The molecule has 0 aliphatic heterocycles. The van der Waals surface area contributed by atoms with Crippen molar-refractivity contribution < 1.29 is 9.53 Å². The maximum absolute atomic E-state index is 12.6. The number of rotatable bonds is 12. The van der Waals surface area contributed by atoms with Crippen molar-refractivity contribution in [2.24, 2.45) is 11.8 Å². The molecule has 33 heavy (non-hydrogen) atoms. The van der Waals surface area contributed by atoms with Gasteiger partial charge in [-0.1, -0.05) is 83.2 Å². The molecule has 1 aliphatic carbocycles. The van der Waals surface area contributed by atoms with Gasteiger partial charge in [-0.3, -0.25) is 0 Å². The second-order valence-electron chi connectivity index (χ2n) is 9.89. The fourth-order valence-electron chi connectivity index (χ4n) is 4.74. The van der Waals surface area contributed by atoms with Crippen molar-refractivity contribution in [3.63, 3.8) is 0 Å². The summed E-state index contributed by atoms with van der Waals surface area (Å²) in [5, 5.41) is 0. The molecule has 1 aliphatic rings. The molecule has 0 N–H and O–H groups in total. The first kappa shape index (κ1) is 25.3. The molecule has 178 valence electrons. The number of hydrogen-bond acceptors (Lipinski definition) is 2. The van der Waals surface area contributed by atoms with Gasteiger partial charge in [-0.2, -0.15) is 0 Å². The molecular formula is C31H42O2. The van der Waals surface area contributed by atoms with Crippen LogP contribution in [0.25, 0.3) is 5.57 Å². The highest BCUT2D eigenvalue weighted by Crippen LogP contribution is 2.34. The average molecular weight is 447 g/mol. The fraction of sp³-hybridized carbons (Fsp3) is 0.516. The first-order chi connectivity index (χ1) is 16.1. The monoisotopic (exact) mass is 446 g/mol. The number of carbonyl (C=O) groups is 1. The lowest BCUT2D eigenvalue weighted by molar-refractivity contribution is 0.0734. The molecule has 2 heteroatoms. The van der Waals surface area contributed by atoms with E-state index < -0.39 is 0 Å². The quantitative estimate of drug-likeness (QED) is 0.185. The van der Waals surface area contributed by atoms with Crippen molar-refractivity contribution in [1.82, 2.24) is 0 Å². The zero-order valence-electron chi connectivity index (χ0n) is 20.9. The van der Waals surface area contributed by atoms with E-state index in [0.717, 1.165) is 24.7 Å². The van der Waals surface area contributed by atoms with Crippen LogP contribution in [0, 0.1) is 11.8 Å². The molecule has 0 amide bonds. The smallest absolute Gasteiger partial charge is 0.343 e. The van der Waals surface area contributed by atoms with Crippen LogP contribution in [-0.2, 0) is 6.42 Å². The predicted octanol–water partition coefficient (Wildman–Crippen LogP) is 9.04. The summed E-state index contributed by atoms with van der Waals surface area (Å²) < 4.78 is 5.61. The number of aryl methyl sites for hydroxylation is 1. The molecule has 3 rings (SSSR count). The van der Waals surface area contributed by atoms with E-state index in [2.05, 4.69) is 51.1 Å². The van der Waals surface area contributed by atoms with Crippen molar-refractivity contribution in [1.29, 1.82) is 0 Å². The van der Waals surface area contributed by atoms with Crippen LogP contribution in [0.2, 0.25) is 0 Å². The van der Waals surface area contributed by atoms with Crippen molar-refractivity contribution in [2.45, 2.75) is 91.4 Å². The first-order valence-electron chi connectivity index (χ1n) is 13.2. The Labute approximate surface area is 201 Å². The van der Waals surface area contributed by atoms with E-state index in [4.69, 9.17) is 4.74 Å². The maximum atomic E-state index is 12.6. The second kappa shape index (κ2) is 13.4. The van der Waals surface area contributed by atoms with E-state index in [1.54, 1.807) is 0 Å². The topological polar surface area (TPSA) is 26.3 Å². The molecule has 2 aromatic carbocycles. The molecule has 2 nitrogen and oxygen atoms in total. The highest BCUT2D eigenvalue weighted by atomic mass is 16.5. The van der Waals surface area contributed by atoms with E-state index in [9.17, 15) is 4.79 Å².